The highest BCUT2D eigenvalue weighted by molar-refractivity contribution is 5.97. The van der Waals surface area contributed by atoms with Crippen molar-refractivity contribution < 1.29 is 4.92 Å². The summed E-state index contributed by atoms with van der Waals surface area (Å²) in [5, 5.41) is 15.5. The highest BCUT2D eigenvalue weighted by Gasteiger charge is 2.24. The van der Waals surface area contributed by atoms with Crippen LogP contribution in [0.25, 0.3) is 10.9 Å². The SMILES string of the molecule is CC1CN(c2ccc([N+](=O)[O-])c3ncccc23)CC(C)N1. The van der Waals surface area contributed by atoms with Crippen molar-refractivity contribution in [2.75, 3.05) is 18.0 Å². The molecule has 0 aliphatic carbocycles. The van der Waals surface area contributed by atoms with Gasteiger partial charge in [-0.2, -0.15) is 0 Å². The van der Waals surface area contributed by atoms with Crippen LogP contribution in [0, 0.1) is 10.1 Å². The Morgan fingerprint density at radius 2 is 2.00 bits per heavy atom. The van der Waals surface area contributed by atoms with Crippen LogP contribution >= 0.6 is 0 Å². The minimum Gasteiger partial charge on any atom is -0.368 e. The molecule has 0 radical (unpaired) electrons. The van der Waals surface area contributed by atoms with Crippen molar-refractivity contribution in [3.8, 4) is 0 Å². The van der Waals surface area contributed by atoms with Crippen molar-refractivity contribution in [2.24, 2.45) is 0 Å². The summed E-state index contributed by atoms with van der Waals surface area (Å²) in [5.74, 6) is 0. The Morgan fingerprint density at radius 3 is 2.67 bits per heavy atom. The molecule has 6 heteroatoms. The minimum absolute atomic E-state index is 0.0607. The molecular weight excluding hydrogens is 268 g/mol. The number of anilines is 1. The fraction of sp³-hybridized carbons (Fsp3) is 0.400. The van der Waals surface area contributed by atoms with Crippen LogP contribution in [0.5, 0.6) is 0 Å². The molecule has 2 unspecified atom stereocenters. The van der Waals surface area contributed by atoms with Crippen LogP contribution in [0.1, 0.15) is 13.8 Å². The number of nitrogens with zero attached hydrogens (tertiary/aromatic N) is 3. The Hall–Kier alpha value is -2.21. The van der Waals surface area contributed by atoms with Gasteiger partial charge in [0.2, 0.25) is 0 Å². The van der Waals surface area contributed by atoms with Crippen molar-refractivity contribution in [1.82, 2.24) is 10.3 Å². The van der Waals surface area contributed by atoms with Gasteiger partial charge in [0.1, 0.15) is 5.52 Å². The molecule has 1 aliphatic heterocycles. The molecule has 1 N–H and O–H groups in total. The van der Waals surface area contributed by atoms with Crippen molar-refractivity contribution in [3.05, 3.63) is 40.6 Å². The monoisotopic (exact) mass is 286 g/mol. The van der Waals surface area contributed by atoms with Gasteiger partial charge in [-0.3, -0.25) is 10.1 Å². The first-order chi connectivity index (χ1) is 10.1. The Kier molecular flexibility index (Phi) is 3.47. The smallest absolute Gasteiger partial charge is 0.295 e. The quantitative estimate of drug-likeness (QED) is 0.677. The highest BCUT2D eigenvalue weighted by atomic mass is 16.6. The summed E-state index contributed by atoms with van der Waals surface area (Å²) in [4.78, 5) is 17.3. The first kappa shape index (κ1) is 13.8. The largest absolute Gasteiger partial charge is 0.368 e. The number of nitrogens with one attached hydrogen (secondary N) is 1. The molecule has 1 aromatic heterocycles. The van der Waals surface area contributed by atoms with E-state index < -0.39 is 0 Å². The maximum absolute atomic E-state index is 11.1. The number of nitro groups is 1. The van der Waals surface area contributed by atoms with Crippen molar-refractivity contribution in [1.29, 1.82) is 0 Å². The molecule has 2 heterocycles. The fourth-order valence-corrected chi connectivity index (χ4v) is 3.09. The van der Waals surface area contributed by atoms with E-state index >= 15 is 0 Å². The maximum atomic E-state index is 11.1. The van der Waals surface area contributed by atoms with Gasteiger partial charge in [0.15, 0.2) is 0 Å². The van der Waals surface area contributed by atoms with E-state index in [1.54, 1.807) is 12.3 Å². The van der Waals surface area contributed by atoms with Gasteiger partial charge in [0, 0.05) is 48.5 Å². The number of hydrogen-bond acceptors (Lipinski definition) is 5. The number of non-ortho nitro benzene ring substituents is 1. The Balaban J connectivity index is 2.11. The second kappa shape index (κ2) is 5.29. The van der Waals surface area contributed by atoms with Crippen LogP contribution < -0.4 is 10.2 Å². The van der Waals surface area contributed by atoms with Crippen molar-refractivity contribution in [3.63, 3.8) is 0 Å². The Bertz CT molecular complexity index is 678. The molecule has 110 valence electrons. The second-order valence-electron chi connectivity index (χ2n) is 5.63. The molecule has 0 saturated carbocycles. The Morgan fingerprint density at radius 1 is 1.29 bits per heavy atom. The average molecular weight is 286 g/mol. The molecule has 0 bridgehead atoms. The highest BCUT2D eigenvalue weighted by Crippen LogP contribution is 2.32. The lowest BCUT2D eigenvalue weighted by molar-refractivity contribution is -0.383. The molecule has 2 aromatic rings. The van der Waals surface area contributed by atoms with Crippen LogP contribution in [0.3, 0.4) is 0 Å². The topological polar surface area (TPSA) is 71.3 Å². The van der Waals surface area contributed by atoms with Crippen molar-refractivity contribution >= 4 is 22.3 Å². The number of hydrogen-bond donors (Lipinski definition) is 1. The van der Waals surface area contributed by atoms with Gasteiger partial charge >= 0.3 is 0 Å². The summed E-state index contributed by atoms with van der Waals surface area (Å²) < 4.78 is 0. The molecule has 1 aliphatic rings. The maximum Gasteiger partial charge on any atom is 0.295 e. The minimum atomic E-state index is -0.373. The standard InChI is InChI=1S/C15H18N4O2/c1-10-8-18(9-11(2)17-10)13-5-6-14(19(20)21)15-12(13)4-3-7-16-15/h3-7,10-11,17H,8-9H2,1-2H3. The first-order valence-corrected chi connectivity index (χ1v) is 7.09. The molecule has 6 nitrogen and oxygen atoms in total. The third kappa shape index (κ3) is 2.54. The van der Waals surface area contributed by atoms with E-state index in [0.717, 1.165) is 24.2 Å². The van der Waals surface area contributed by atoms with Gasteiger partial charge < -0.3 is 10.2 Å². The van der Waals surface area contributed by atoms with Gasteiger partial charge in [-0.05, 0) is 32.0 Å². The van der Waals surface area contributed by atoms with E-state index in [1.165, 1.54) is 0 Å². The van der Waals surface area contributed by atoms with Crippen LogP contribution in [0.4, 0.5) is 11.4 Å². The molecule has 1 fully saturated rings. The van der Waals surface area contributed by atoms with E-state index in [9.17, 15) is 10.1 Å². The van der Waals surface area contributed by atoms with E-state index in [-0.39, 0.29) is 10.6 Å². The zero-order valence-electron chi connectivity index (χ0n) is 12.1. The van der Waals surface area contributed by atoms with E-state index in [1.807, 2.05) is 18.2 Å². The van der Waals surface area contributed by atoms with E-state index in [2.05, 4.69) is 29.0 Å². The van der Waals surface area contributed by atoms with Gasteiger partial charge in [-0.25, -0.2) is 4.98 Å². The lowest BCUT2D eigenvalue weighted by Gasteiger charge is -2.38. The molecule has 0 spiro atoms. The second-order valence-corrected chi connectivity index (χ2v) is 5.63. The van der Waals surface area contributed by atoms with E-state index in [4.69, 9.17) is 0 Å². The zero-order valence-corrected chi connectivity index (χ0v) is 12.1. The van der Waals surface area contributed by atoms with E-state index in [0.29, 0.717) is 17.6 Å². The average Bonchev–Trinajstić information content (AvgIpc) is 2.44. The summed E-state index contributed by atoms with van der Waals surface area (Å²) in [5.41, 5.74) is 1.54. The number of fused-ring (bicyclic) bond motifs is 1. The number of piperazine rings is 1. The number of pyridine rings is 1. The molecule has 0 amide bonds. The fourth-order valence-electron chi connectivity index (χ4n) is 3.09. The molecule has 1 aromatic carbocycles. The van der Waals surface area contributed by atoms with Gasteiger partial charge in [-0.15, -0.1) is 0 Å². The lowest BCUT2D eigenvalue weighted by Crippen LogP contribution is -2.54. The van der Waals surface area contributed by atoms with Gasteiger partial charge in [-0.1, -0.05) is 0 Å². The summed E-state index contributed by atoms with van der Waals surface area (Å²) in [6.45, 7) is 6.06. The van der Waals surface area contributed by atoms with Crippen LogP contribution in [0.15, 0.2) is 30.5 Å². The molecule has 1 saturated heterocycles. The number of rotatable bonds is 2. The predicted molar refractivity (Wildman–Crippen MR) is 82.7 cm³/mol. The Labute approximate surface area is 122 Å². The van der Waals surface area contributed by atoms with Crippen molar-refractivity contribution in [2.45, 2.75) is 25.9 Å². The third-order valence-electron chi connectivity index (χ3n) is 3.82. The molecular formula is C15H18N4O2. The summed E-state index contributed by atoms with van der Waals surface area (Å²) in [6.07, 6.45) is 1.60. The summed E-state index contributed by atoms with van der Waals surface area (Å²) in [7, 11) is 0. The first-order valence-electron chi connectivity index (χ1n) is 7.09. The molecule has 21 heavy (non-hydrogen) atoms. The van der Waals surface area contributed by atoms with Gasteiger partial charge in [0.05, 0.1) is 4.92 Å². The van der Waals surface area contributed by atoms with Crippen LogP contribution in [-0.4, -0.2) is 35.1 Å². The normalized spacial score (nSPS) is 22.5. The predicted octanol–water partition coefficient (Wildman–Crippen LogP) is 2.33. The molecule has 2 atom stereocenters. The zero-order chi connectivity index (χ0) is 15.0. The summed E-state index contributed by atoms with van der Waals surface area (Å²) in [6, 6.07) is 7.90. The van der Waals surface area contributed by atoms with Crippen LogP contribution in [-0.2, 0) is 0 Å². The third-order valence-corrected chi connectivity index (χ3v) is 3.82. The molecule has 3 rings (SSSR count). The van der Waals surface area contributed by atoms with Gasteiger partial charge in [0.25, 0.3) is 5.69 Å². The number of benzene rings is 1. The number of aromatic nitrogens is 1. The lowest BCUT2D eigenvalue weighted by atomic mass is 10.1. The summed E-state index contributed by atoms with van der Waals surface area (Å²) >= 11 is 0. The van der Waals surface area contributed by atoms with Crippen LogP contribution in [0.2, 0.25) is 0 Å². The number of nitro benzene ring substituents is 1.